The Kier molecular flexibility index (Phi) is 11.8. The van der Waals surface area contributed by atoms with Crippen molar-refractivity contribution < 1.29 is 38.5 Å². The van der Waals surface area contributed by atoms with Gasteiger partial charge in [-0.15, -0.1) is 0 Å². The van der Waals surface area contributed by atoms with Gasteiger partial charge in [0.1, 0.15) is 12.1 Å². The van der Waals surface area contributed by atoms with Gasteiger partial charge in [0.25, 0.3) is 0 Å². The fourth-order valence-corrected chi connectivity index (χ4v) is 3.38. The first-order chi connectivity index (χ1) is 17.0. The first-order valence-corrected chi connectivity index (χ1v) is 12.8. The summed E-state index contributed by atoms with van der Waals surface area (Å²) >= 11 is 0. The molecule has 0 bridgehead atoms. The number of carboxylic acid groups (broad SMARTS) is 1. The Bertz CT molecular complexity index is 967. The molecule has 0 aliphatic heterocycles. The van der Waals surface area contributed by atoms with Crippen LogP contribution in [0.1, 0.15) is 86.6 Å². The molecular weight excluding hydrogens is 478 g/mol. The number of ether oxygens (including phenoxy) is 3. The van der Waals surface area contributed by atoms with E-state index in [9.17, 15) is 24.3 Å². The van der Waals surface area contributed by atoms with Gasteiger partial charge in [-0.25, -0.2) is 0 Å². The molecule has 1 aromatic rings. The fourth-order valence-electron chi connectivity index (χ4n) is 3.38. The number of aliphatic carboxylic acids is 1. The zero-order valence-corrected chi connectivity index (χ0v) is 23.5. The third-order valence-electron chi connectivity index (χ3n) is 6.69. The number of hydrogen-bond acceptors (Lipinski definition) is 8. The van der Waals surface area contributed by atoms with Crippen LogP contribution in [0.5, 0.6) is 11.5 Å². The lowest BCUT2D eigenvalue weighted by Crippen LogP contribution is -2.43. The van der Waals surface area contributed by atoms with Gasteiger partial charge in [-0.1, -0.05) is 40.7 Å². The lowest BCUT2D eigenvalue weighted by Gasteiger charge is -2.33. The highest BCUT2D eigenvalue weighted by Crippen LogP contribution is 2.38. The Balaban J connectivity index is 3.54. The molecule has 208 valence electrons. The molecule has 0 radical (unpaired) electrons. The zero-order valence-electron chi connectivity index (χ0n) is 23.5. The summed E-state index contributed by atoms with van der Waals surface area (Å²) in [5.74, 6) is -4.74. The van der Waals surface area contributed by atoms with E-state index in [0.29, 0.717) is 18.4 Å². The topological polar surface area (TPSA) is 142 Å². The fraction of sp³-hybridized carbons (Fsp3) is 0.643. The smallest absolute Gasteiger partial charge is 0.321 e. The molecule has 0 aliphatic carbocycles. The van der Waals surface area contributed by atoms with Crippen LogP contribution in [-0.2, 0) is 23.9 Å². The second kappa shape index (κ2) is 13.6. The first kappa shape index (κ1) is 32.1. The van der Waals surface area contributed by atoms with Crippen LogP contribution >= 0.6 is 0 Å². The van der Waals surface area contributed by atoms with E-state index in [1.54, 1.807) is 54.5 Å². The van der Waals surface area contributed by atoms with Crippen molar-refractivity contribution in [1.29, 1.82) is 0 Å². The zero-order chi connectivity index (χ0) is 28.7. The molecule has 0 fully saturated rings. The van der Waals surface area contributed by atoms with Crippen molar-refractivity contribution in [3.05, 3.63) is 23.8 Å². The molecule has 0 aliphatic rings. The third-order valence-corrected chi connectivity index (χ3v) is 6.69. The Morgan fingerprint density at radius 1 is 0.892 bits per heavy atom. The van der Waals surface area contributed by atoms with Gasteiger partial charge in [0.2, 0.25) is 0 Å². The normalized spacial score (nSPS) is 16.5. The van der Waals surface area contributed by atoms with E-state index >= 15 is 0 Å². The number of benzene rings is 1. The summed E-state index contributed by atoms with van der Waals surface area (Å²) in [4.78, 5) is 49.5. The summed E-state index contributed by atoms with van der Waals surface area (Å²) in [7, 11) is 0. The Morgan fingerprint density at radius 3 is 1.81 bits per heavy atom. The molecule has 0 spiro atoms. The molecule has 1 aromatic carbocycles. The van der Waals surface area contributed by atoms with Gasteiger partial charge in [-0.3, -0.25) is 19.2 Å². The average Bonchev–Trinajstić information content (AvgIpc) is 2.83. The number of rotatable bonds is 12. The number of carbonyl (C=O) groups excluding carboxylic acids is 3. The maximum atomic E-state index is 12.6. The van der Waals surface area contributed by atoms with Crippen LogP contribution in [-0.4, -0.2) is 41.1 Å². The minimum absolute atomic E-state index is 0.00594. The SMILES string of the molecule is CCC(C)C(=O)Oc1ccc(C(C(C)C(C)OC(=O)C(C)(C)C)[C@H](N)C(=O)O)cc1OC(=O)C(C)CC. The molecular formula is C28H43NO8. The van der Waals surface area contributed by atoms with Gasteiger partial charge in [0.15, 0.2) is 11.5 Å². The van der Waals surface area contributed by atoms with Gasteiger partial charge in [0.05, 0.1) is 17.3 Å². The Hall–Kier alpha value is -2.94. The standard InChI is InChI=1S/C28H43NO8/c1-10-15(3)25(32)36-20-13-12-19(14-21(20)37-26(33)16(4)11-2)22(23(29)24(30)31)17(5)18(6)35-27(34)28(7,8)9/h12-18,22-23H,10-11,29H2,1-9H3,(H,30,31)/t15?,16?,17?,18?,22?,23-/m0/s1. The highest BCUT2D eigenvalue weighted by molar-refractivity contribution is 5.79. The van der Waals surface area contributed by atoms with Gasteiger partial charge in [-0.2, -0.15) is 0 Å². The molecule has 0 amide bonds. The van der Waals surface area contributed by atoms with Gasteiger partial charge in [-0.05, 0) is 58.2 Å². The van der Waals surface area contributed by atoms with Crippen LogP contribution in [0, 0.1) is 23.2 Å². The van der Waals surface area contributed by atoms with Crippen molar-refractivity contribution in [2.45, 2.75) is 93.2 Å². The van der Waals surface area contributed by atoms with Crippen LogP contribution in [0.15, 0.2) is 18.2 Å². The van der Waals surface area contributed by atoms with Crippen LogP contribution in [0.3, 0.4) is 0 Å². The van der Waals surface area contributed by atoms with Crippen molar-refractivity contribution >= 4 is 23.9 Å². The maximum absolute atomic E-state index is 12.6. The second-order valence-electron chi connectivity index (χ2n) is 10.8. The summed E-state index contributed by atoms with van der Waals surface area (Å²) < 4.78 is 16.7. The highest BCUT2D eigenvalue weighted by Gasteiger charge is 2.37. The van der Waals surface area contributed by atoms with E-state index in [2.05, 4.69) is 0 Å². The van der Waals surface area contributed by atoms with Gasteiger partial charge >= 0.3 is 23.9 Å². The number of nitrogens with two attached hydrogens (primary N) is 1. The van der Waals surface area contributed by atoms with E-state index < -0.39 is 59.2 Å². The summed E-state index contributed by atoms with van der Waals surface area (Å²) in [6.07, 6.45) is 0.439. The van der Waals surface area contributed by atoms with Gasteiger partial charge in [0, 0.05) is 11.8 Å². The summed E-state index contributed by atoms with van der Waals surface area (Å²) in [6.45, 7) is 15.7. The van der Waals surface area contributed by atoms with E-state index in [0.717, 1.165) is 0 Å². The van der Waals surface area contributed by atoms with Crippen molar-refractivity contribution in [2.24, 2.45) is 28.9 Å². The summed E-state index contributed by atoms with van der Waals surface area (Å²) in [5, 5.41) is 9.75. The Morgan fingerprint density at radius 2 is 1.38 bits per heavy atom. The second-order valence-corrected chi connectivity index (χ2v) is 10.8. The Labute approximate surface area is 220 Å². The lowest BCUT2D eigenvalue weighted by molar-refractivity contribution is -0.160. The predicted octanol–water partition coefficient (Wildman–Crippen LogP) is 4.70. The van der Waals surface area contributed by atoms with Crippen LogP contribution < -0.4 is 15.2 Å². The minimum atomic E-state index is -1.35. The van der Waals surface area contributed by atoms with Crippen molar-refractivity contribution in [1.82, 2.24) is 0 Å². The number of hydrogen-bond donors (Lipinski definition) is 2. The van der Waals surface area contributed by atoms with Crippen molar-refractivity contribution in [2.75, 3.05) is 0 Å². The van der Waals surface area contributed by atoms with Crippen LogP contribution in [0.4, 0.5) is 0 Å². The largest absolute Gasteiger partial charge is 0.480 e. The van der Waals surface area contributed by atoms with E-state index in [1.165, 1.54) is 12.1 Å². The van der Waals surface area contributed by atoms with E-state index in [4.69, 9.17) is 19.9 Å². The van der Waals surface area contributed by atoms with Crippen LogP contribution in [0.25, 0.3) is 0 Å². The predicted molar refractivity (Wildman–Crippen MR) is 139 cm³/mol. The molecule has 0 heterocycles. The quantitative estimate of drug-likeness (QED) is 0.295. The molecule has 1 rings (SSSR count). The molecule has 5 unspecified atom stereocenters. The third kappa shape index (κ3) is 8.84. The molecule has 0 aromatic heterocycles. The minimum Gasteiger partial charge on any atom is -0.480 e. The lowest BCUT2D eigenvalue weighted by atomic mass is 9.79. The molecule has 0 saturated carbocycles. The number of carbonyl (C=O) groups is 4. The van der Waals surface area contributed by atoms with E-state index in [-0.39, 0.29) is 17.4 Å². The van der Waals surface area contributed by atoms with Gasteiger partial charge < -0.3 is 25.1 Å². The molecule has 9 heteroatoms. The number of carboxylic acids is 1. The highest BCUT2D eigenvalue weighted by atomic mass is 16.6. The molecule has 3 N–H and O–H groups in total. The van der Waals surface area contributed by atoms with Crippen molar-refractivity contribution in [3.8, 4) is 11.5 Å². The summed E-state index contributed by atoms with van der Waals surface area (Å²) in [6, 6.07) is 3.18. The first-order valence-electron chi connectivity index (χ1n) is 12.8. The number of esters is 3. The average molecular weight is 522 g/mol. The molecule has 6 atom stereocenters. The summed E-state index contributed by atoms with van der Waals surface area (Å²) in [5.41, 5.74) is 5.81. The molecule has 37 heavy (non-hydrogen) atoms. The maximum Gasteiger partial charge on any atom is 0.321 e. The molecule has 0 saturated heterocycles. The monoisotopic (exact) mass is 521 g/mol. The van der Waals surface area contributed by atoms with Crippen molar-refractivity contribution in [3.63, 3.8) is 0 Å². The molecule has 9 nitrogen and oxygen atoms in total. The van der Waals surface area contributed by atoms with E-state index in [1.807, 2.05) is 13.8 Å². The van der Waals surface area contributed by atoms with Crippen LogP contribution in [0.2, 0.25) is 0 Å².